The summed E-state index contributed by atoms with van der Waals surface area (Å²) in [5.74, 6) is 0.864. The van der Waals surface area contributed by atoms with Gasteiger partial charge < -0.3 is 20.3 Å². The number of anilines is 1. The van der Waals surface area contributed by atoms with Gasteiger partial charge in [0, 0.05) is 12.2 Å². The molecule has 0 aliphatic carbocycles. The first-order valence-electron chi connectivity index (χ1n) is 9.47. The van der Waals surface area contributed by atoms with Crippen LogP contribution in [0.4, 0.5) is 5.69 Å². The van der Waals surface area contributed by atoms with Crippen LogP contribution >= 0.6 is 12.2 Å². The van der Waals surface area contributed by atoms with Crippen LogP contribution in [0.2, 0.25) is 0 Å². The maximum atomic E-state index is 5.48. The molecule has 0 aliphatic heterocycles. The highest BCUT2D eigenvalue weighted by molar-refractivity contribution is 7.80. The normalized spacial score (nSPS) is 11.9. The Morgan fingerprint density at radius 3 is 2.52 bits per heavy atom. The van der Waals surface area contributed by atoms with Crippen molar-refractivity contribution in [1.29, 1.82) is 0 Å². The Balaban J connectivity index is 1.91. The predicted molar refractivity (Wildman–Crippen MR) is 119 cm³/mol. The highest BCUT2D eigenvalue weighted by Crippen LogP contribution is 2.22. The van der Waals surface area contributed by atoms with Gasteiger partial charge in [-0.3, -0.25) is 0 Å². The van der Waals surface area contributed by atoms with Crippen LogP contribution in [0.3, 0.4) is 0 Å². The first kappa shape index (κ1) is 21.2. The van der Waals surface area contributed by atoms with Crippen molar-refractivity contribution >= 4 is 23.0 Å². The Kier molecular flexibility index (Phi) is 8.55. The van der Waals surface area contributed by atoms with E-state index in [1.165, 1.54) is 24.0 Å². The summed E-state index contributed by atoms with van der Waals surface area (Å²) in [6.45, 7) is 2.92. The smallest absolute Gasteiger partial charge is 0.170 e. The maximum Gasteiger partial charge on any atom is 0.170 e. The van der Waals surface area contributed by atoms with E-state index < -0.39 is 0 Å². The van der Waals surface area contributed by atoms with Gasteiger partial charge in [-0.05, 0) is 74.5 Å². The fourth-order valence-corrected chi connectivity index (χ4v) is 3.15. The number of nitrogens with one attached hydrogen (secondary N) is 2. The molecule has 0 unspecified atom stereocenters. The zero-order valence-corrected chi connectivity index (χ0v) is 17.6. The van der Waals surface area contributed by atoms with Crippen LogP contribution in [-0.4, -0.2) is 37.8 Å². The first-order valence-corrected chi connectivity index (χ1v) is 9.88. The molecule has 1 atom stereocenters. The van der Waals surface area contributed by atoms with Crippen LogP contribution in [0, 0.1) is 0 Å². The summed E-state index contributed by atoms with van der Waals surface area (Å²) in [6, 6.07) is 16.9. The van der Waals surface area contributed by atoms with E-state index in [4.69, 9.17) is 17.0 Å². The van der Waals surface area contributed by atoms with Crippen molar-refractivity contribution in [3.63, 3.8) is 0 Å². The number of hydrogen-bond acceptors (Lipinski definition) is 3. The van der Waals surface area contributed by atoms with E-state index in [0.717, 1.165) is 17.9 Å². The zero-order valence-electron chi connectivity index (χ0n) is 16.8. The lowest BCUT2D eigenvalue weighted by atomic mass is 10.1. The topological polar surface area (TPSA) is 36.5 Å². The summed E-state index contributed by atoms with van der Waals surface area (Å²) in [5.41, 5.74) is 3.57. The van der Waals surface area contributed by atoms with Crippen LogP contribution in [0.5, 0.6) is 5.75 Å². The molecule has 5 heteroatoms. The largest absolute Gasteiger partial charge is 0.497 e. The second-order valence-electron chi connectivity index (χ2n) is 6.89. The second kappa shape index (κ2) is 10.9. The van der Waals surface area contributed by atoms with Crippen LogP contribution in [0.1, 0.15) is 36.9 Å². The third kappa shape index (κ3) is 6.85. The standard InChI is InChI=1S/C22H31N3OS/c1-5-6-8-17-11-13-19(14-12-17)24-22(27)23-16-21(25(2)3)18-9-7-10-20(15-18)26-4/h7,9-15,21H,5-6,8,16H2,1-4H3,(H2,23,24,27)/t21-/m1/s1. The van der Waals surface area contributed by atoms with Crippen molar-refractivity contribution in [2.75, 3.05) is 33.1 Å². The van der Waals surface area contributed by atoms with Crippen molar-refractivity contribution in [2.45, 2.75) is 32.2 Å². The molecule has 0 amide bonds. The minimum Gasteiger partial charge on any atom is -0.497 e. The van der Waals surface area contributed by atoms with Gasteiger partial charge in [0.05, 0.1) is 13.2 Å². The molecule has 0 saturated carbocycles. The summed E-state index contributed by atoms with van der Waals surface area (Å²) < 4.78 is 5.35. The van der Waals surface area contributed by atoms with E-state index in [1.807, 2.05) is 12.1 Å². The average Bonchev–Trinajstić information content (AvgIpc) is 2.67. The van der Waals surface area contributed by atoms with Crippen molar-refractivity contribution in [3.05, 3.63) is 59.7 Å². The lowest BCUT2D eigenvalue weighted by Gasteiger charge is -2.26. The number of unbranched alkanes of at least 4 members (excludes halogenated alkanes) is 1. The summed E-state index contributed by atoms with van der Waals surface area (Å²) in [6.07, 6.45) is 3.57. The monoisotopic (exact) mass is 385 g/mol. The van der Waals surface area contributed by atoms with Crippen LogP contribution in [0.25, 0.3) is 0 Å². The lowest BCUT2D eigenvalue weighted by Crippen LogP contribution is -2.36. The lowest BCUT2D eigenvalue weighted by molar-refractivity contribution is 0.298. The number of rotatable bonds is 9. The fourth-order valence-electron chi connectivity index (χ4n) is 2.95. The molecule has 0 spiro atoms. The molecule has 0 saturated heterocycles. The zero-order chi connectivity index (χ0) is 19.6. The summed E-state index contributed by atoms with van der Waals surface area (Å²) in [4.78, 5) is 2.17. The molecule has 2 rings (SSSR count). The van der Waals surface area contributed by atoms with Gasteiger partial charge in [0.25, 0.3) is 0 Å². The van der Waals surface area contributed by atoms with Gasteiger partial charge in [-0.15, -0.1) is 0 Å². The summed E-state index contributed by atoms with van der Waals surface area (Å²) in [7, 11) is 5.82. The van der Waals surface area contributed by atoms with Gasteiger partial charge in [-0.2, -0.15) is 0 Å². The van der Waals surface area contributed by atoms with Crippen molar-refractivity contribution in [1.82, 2.24) is 10.2 Å². The first-order chi connectivity index (χ1) is 13.0. The summed E-state index contributed by atoms with van der Waals surface area (Å²) >= 11 is 5.48. The molecule has 146 valence electrons. The minimum atomic E-state index is 0.191. The van der Waals surface area contributed by atoms with Crippen molar-refractivity contribution in [2.24, 2.45) is 0 Å². The quantitative estimate of drug-likeness (QED) is 0.616. The molecule has 0 bridgehead atoms. The molecule has 4 nitrogen and oxygen atoms in total. The van der Waals surface area contributed by atoms with Crippen molar-refractivity contribution in [3.8, 4) is 5.75 Å². The van der Waals surface area contributed by atoms with Crippen molar-refractivity contribution < 1.29 is 4.74 Å². The summed E-state index contributed by atoms with van der Waals surface area (Å²) in [5, 5.41) is 7.24. The van der Waals surface area contributed by atoms with Gasteiger partial charge in [0.15, 0.2) is 5.11 Å². The van der Waals surface area contributed by atoms with Crippen LogP contribution < -0.4 is 15.4 Å². The van der Waals surface area contributed by atoms with E-state index in [0.29, 0.717) is 11.7 Å². The Morgan fingerprint density at radius 2 is 1.89 bits per heavy atom. The van der Waals surface area contributed by atoms with Gasteiger partial charge >= 0.3 is 0 Å². The number of benzene rings is 2. The van der Waals surface area contributed by atoms with Gasteiger partial charge in [0.2, 0.25) is 0 Å². The van der Waals surface area contributed by atoms with E-state index in [1.54, 1.807) is 7.11 Å². The molecule has 2 aromatic rings. The molecule has 0 heterocycles. The third-order valence-electron chi connectivity index (χ3n) is 4.59. The molecular formula is C22H31N3OS. The Morgan fingerprint density at radius 1 is 1.15 bits per heavy atom. The molecular weight excluding hydrogens is 354 g/mol. The van der Waals surface area contributed by atoms with Gasteiger partial charge in [0.1, 0.15) is 5.75 Å². The molecule has 0 fully saturated rings. The second-order valence-corrected chi connectivity index (χ2v) is 7.30. The molecule has 0 aliphatic rings. The molecule has 2 N–H and O–H groups in total. The highest BCUT2D eigenvalue weighted by atomic mass is 32.1. The van der Waals surface area contributed by atoms with Crippen LogP contribution in [-0.2, 0) is 6.42 Å². The average molecular weight is 386 g/mol. The Hall–Kier alpha value is -2.11. The number of hydrogen-bond donors (Lipinski definition) is 2. The van der Waals surface area contributed by atoms with Crippen LogP contribution in [0.15, 0.2) is 48.5 Å². The number of thiocarbonyl (C=S) groups is 1. The third-order valence-corrected chi connectivity index (χ3v) is 4.84. The fraction of sp³-hybridized carbons (Fsp3) is 0.409. The van der Waals surface area contributed by atoms with E-state index in [9.17, 15) is 0 Å². The highest BCUT2D eigenvalue weighted by Gasteiger charge is 2.15. The van der Waals surface area contributed by atoms with E-state index in [2.05, 4.69) is 73.0 Å². The molecule has 2 aromatic carbocycles. The van der Waals surface area contributed by atoms with Gasteiger partial charge in [-0.25, -0.2) is 0 Å². The molecule has 0 aromatic heterocycles. The molecule has 0 radical (unpaired) electrons. The maximum absolute atomic E-state index is 5.48. The SMILES string of the molecule is CCCCc1ccc(NC(=S)NC[C@H](c2cccc(OC)c2)N(C)C)cc1. The number of aryl methyl sites for hydroxylation is 1. The number of nitrogens with zero attached hydrogens (tertiary/aromatic N) is 1. The number of likely N-dealkylation sites (N-methyl/N-ethyl adjacent to an activating group) is 1. The number of methoxy groups -OCH3 is 1. The predicted octanol–water partition coefficient (Wildman–Crippen LogP) is 4.63. The molecule has 27 heavy (non-hydrogen) atoms. The van der Waals surface area contributed by atoms with E-state index >= 15 is 0 Å². The minimum absolute atomic E-state index is 0.191. The van der Waals surface area contributed by atoms with Gasteiger partial charge in [-0.1, -0.05) is 37.6 Å². The Labute approximate surface area is 168 Å². The Bertz CT molecular complexity index is 716. The van der Waals surface area contributed by atoms with E-state index in [-0.39, 0.29) is 6.04 Å². The number of ether oxygens (including phenoxy) is 1.